The molecule has 1 aliphatic heterocycles. The Bertz CT molecular complexity index is 463. The topological polar surface area (TPSA) is 15.6 Å². The summed E-state index contributed by atoms with van der Waals surface area (Å²) in [7, 11) is 0. The average Bonchev–Trinajstić information content (AvgIpc) is 2.69. The fraction of sp³-hybridized carbons (Fsp3) is 0.357. The van der Waals surface area contributed by atoms with Crippen LogP contribution in [0.15, 0.2) is 35.0 Å². The van der Waals surface area contributed by atoms with Gasteiger partial charge in [0.25, 0.3) is 0 Å². The highest BCUT2D eigenvalue weighted by Crippen LogP contribution is 2.30. The number of rotatable bonds is 3. The van der Waals surface area contributed by atoms with Gasteiger partial charge in [0.2, 0.25) is 0 Å². The van der Waals surface area contributed by atoms with Crippen molar-refractivity contribution in [3.63, 3.8) is 0 Å². The summed E-state index contributed by atoms with van der Waals surface area (Å²) in [6.45, 7) is 6.04. The minimum atomic E-state index is 0.827. The van der Waals surface area contributed by atoms with Crippen LogP contribution in [0.4, 0.5) is 5.69 Å². The number of hydrogen-bond donors (Lipinski definition) is 0. The van der Waals surface area contributed by atoms with Crippen molar-refractivity contribution < 1.29 is 0 Å². The zero-order valence-corrected chi connectivity index (χ0v) is 11.0. The van der Waals surface area contributed by atoms with E-state index < -0.39 is 0 Å². The summed E-state index contributed by atoms with van der Waals surface area (Å²) in [4.78, 5) is 6.53. The van der Waals surface area contributed by atoms with Crippen molar-refractivity contribution in [1.82, 2.24) is 0 Å². The molecule has 0 aliphatic carbocycles. The zero-order valence-electron chi connectivity index (χ0n) is 10.3. The molecule has 0 radical (unpaired) electrons. The first kappa shape index (κ1) is 12.2. The zero-order chi connectivity index (χ0) is 12.3. The van der Waals surface area contributed by atoms with Gasteiger partial charge in [-0.1, -0.05) is 11.6 Å². The van der Waals surface area contributed by atoms with Gasteiger partial charge in [-0.25, -0.2) is 0 Å². The lowest BCUT2D eigenvalue weighted by Crippen LogP contribution is -2.22. The molecule has 0 saturated carbocycles. The predicted octanol–water partition coefficient (Wildman–Crippen LogP) is 3.70. The van der Waals surface area contributed by atoms with Gasteiger partial charge in [-0.05, 0) is 49.6 Å². The molecule has 3 heteroatoms. The Labute approximate surface area is 108 Å². The van der Waals surface area contributed by atoms with E-state index in [1.165, 1.54) is 16.8 Å². The van der Waals surface area contributed by atoms with Crippen LogP contribution >= 0.6 is 11.6 Å². The largest absolute Gasteiger partial charge is 0.367 e. The highest BCUT2D eigenvalue weighted by atomic mass is 35.5. The van der Waals surface area contributed by atoms with E-state index in [2.05, 4.69) is 28.9 Å². The minimum Gasteiger partial charge on any atom is -0.367 e. The Kier molecular flexibility index (Phi) is 3.85. The Balaban J connectivity index is 2.12. The van der Waals surface area contributed by atoms with Gasteiger partial charge >= 0.3 is 0 Å². The third-order valence-corrected chi connectivity index (χ3v) is 3.15. The summed E-state index contributed by atoms with van der Waals surface area (Å²) in [5.74, 6) is 0. The van der Waals surface area contributed by atoms with E-state index in [0.717, 1.165) is 24.5 Å². The number of nitrogens with zero attached hydrogens (tertiary/aromatic N) is 2. The number of fused-ring (bicyclic) bond motifs is 1. The van der Waals surface area contributed by atoms with Crippen molar-refractivity contribution in [2.24, 2.45) is 4.99 Å². The maximum absolute atomic E-state index is 6.00. The van der Waals surface area contributed by atoms with Crippen LogP contribution in [0.5, 0.6) is 0 Å². The number of hydrogen-bond acceptors (Lipinski definition) is 2. The molecular formula is C14H17ClN2. The molecule has 0 amide bonds. The summed E-state index contributed by atoms with van der Waals surface area (Å²) >= 11 is 6.00. The first-order chi connectivity index (χ1) is 8.20. The first-order valence-corrected chi connectivity index (χ1v) is 6.25. The molecule has 0 aromatic heterocycles. The van der Waals surface area contributed by atoms with E-state index in [1.54, 1.807) is 6.21 Å². The van der Waals surface area contributed by atoms with E-state index in [0.29, 0.717) is 0 Å². The molecule has 1 aromatic rings. The van der Waals surface area contributed by atoms with Gasteiger partial charge in [0.15, 0.2) is 0 Å². The summed E-state index contributed by atoms with van der Waals surface area (Å²) in [6, 6.07) is 6.14. The van der Waals surface area contributed by atoms with E-state index in [4.69, 9.17) is 11.6 Å². The molecule has 0 unspecified atom stereocenters. The van der Waals surface area contributed by atoms with Gasteiger partial charge < -0.3 is 4.90 Å². The van der Waals surface area contributed by atoms with Gasteiger partial charge in [-0.2, -0.15) is 0 Å². The van der Waals surface area contributed by atoms with E-state index >= 15 is 0 Å². The first-order valence-electron chi connectivity index (χ1n) is 5.87. The van der Waals surface area contributed by atoms with E-state index in [1.807, 2.05) is 19.2 Å². The number of aliphatic imine (C=N–C) groups is 1. The lowest BCUT2D eigenvalue weighted by Gasteiger charge is -2.19. The molecule has 1 aromatic carbocycles. The van der Waals surface area contributed by atoms with E-state index in [-0.39, 0.29) is 0 Å². The molecule has 0 saturated heterocycles. The molecule has 0 bridgehead atoms. The van der Waals surface area contributed by atoms with Gasteiger partial charge in [0, 0.05) is 36.2 Å². The Morgan fingerprint density at radius 1 is 1.53 bits per heavy atom. The monoisotopic (exact) mass is 248 g/mol. The lowest BCUT2D eigenvalue weighted by molar-refractivity contribution is 0.877. The highest BCUT2D eigenvalue weighted by Gasteiger charge is 2.18. The molecule has 0 fully saturated rings. The van der Waals surface area contributed by atoms with Crippen molar-refractivity contribution in [1.29, 1.82) is 0 Å². The van der Waals surface area contributed by atoms with Gasteiger partial charge in [0.1, 0.15) is 0 Å². The summed E-state index contributed by atoms with van der Waals surface area (Å²) in [5.41, 5.74) is 3.93. The third-order valence-electron chi connectivity index (χ3n) is 2.92. The molecule has 1 aliphatic rings. The summed E-state index contributed by atoms with van der Waals surface area (Å²) in [5, 5.41) is 0.827. The lowest BCUT2D eigenvalue weighted by atomic mass is 10.2. The molecule has 90 valence electrons. The number of anilines is 1. The standard InChI is InChI=1S/C14H17ClN2/c1-3-16-9-11(2)10-17-7-6-12-8-13(15)4-5-14(12)17/h3-5,8-9H,6-7,10H2,1-2H3/b11-9+,16-3?. The number of benzene rings is 1. The van der Waals surface area contributed by atoms with Crippen LogP contribution in [0.1, 0.15) is 19.4 Å². The summed E-state index contributed by atoms with van der Waals surface area (Å²) < 4.78 is 0. The van der Waals surface area contributed by atoms with Crippen LogP contribution in [0.25, 0.3) is 0 Å². The van der Waals surface area contributed by atoms with Crippen molar-refractivity contribution in [3.8, 4) is 0 Å². The van der Waals surface area contributed by atoms with Gasteiger partial charge in [-0.3, -0.25) is 4.99 Å². The maximum atomic E-state index is 6.00. The third kappa shape index (κ3) is 2.89. The van der Waals surface area contributed by atoms with Crippen molar-refractivity contribution >= 4 is 23.5 Å². The van der Waals surface area contributed by atoms with E-state index in [9.17, 15) is 0 Å². The van der Waals surface area contributed by atoms with Crippen LogP contribution in [-0.2, 0) is 6.42 Å². The number of halogens is 1. The van der Waals surface area contributed by atoms with Gasteiger partial charge in [0.05, 0.1) is 0 Å². The molecule has 2 nitrogen and oxygen atoms in total. The minimum absolute atomic E-state index is 0.827. The fourth-order valence-corrected chi connectivity index (χ4v) is 2.34. The quantitative estimate of drug-likeness (QED) is 0.745. The van der Waals surface area contributed by atoms with Crippen LogP contribution in [0.2, 0.25) is 5.02 Å². The average molecular weight is 249 g/mol. The second-order valence-corrected chi connectivity index (χ2v) is 4.76. The van der Waals surface area contributed by atoms with Crippen LogP contribution in [-0.4, -0.2) is 19.3 Å². The molecule has 2 rings (SSSR count). The molecule has 0 N–H and O–H groups in total. The van der Waals surface area contributed by atoms with Crippen molar-refractivity contribution in [2.75, 3.05) is 18.0 Å². The smallest absolute Gasteiger partial charge is 0.0410 e. The molecule has 17 heavy (non-hydrogen) atoms. The molecule has 1 heterocycles. The SMILES string of the molecule is CC=N/C=C(\C)CN1CCc2cc(Cl)ccc21. The highest BCUT2D eigenvalue weighted by molar-refractivity contribution is 6.30. The maximum Gasteiger partial charge on any atom is 0.0410 e. The second kappa shape index (κ2) is 5.37. The van der Waals surface area contributed by atoms with Crippen molar-refractivity contribution in [2.45, 2.75) is 20.3 Å². The van der Waals surface area contributed by atoms with Gasteiger partial charge in [-0.15, -0.1) is 0 Å². The predicted molar refractivity (Wildman–Crippen MR) is 75.3 cm³/mol. The normalized spacial score (nSPS) is 15.7. The van der Waals surface area contributed by atoms with Crippen LogP contribution < -0.4 is 4.90 Å². The Hall–Kier alpha value is -1.28. The molecular weight excluding hydrogens is 232 g/mol. The summed E-state index contributed by atoms with van der Waals surface area (Å²) in [6.07, 6.45) is 4.81. The fourth-order valence-electron chi connectivity index (χ4n) is 2.15. The Morgan fingerprint density at radius 2 is 2.35 bits per heavy atom. The Morgan fingerprint density at radius 3 is 3.12 bits per heavy atom. The van der Waals surface area contributed by atoms with Crippen molar-refractivity contribution in [3.05, 3.63) is 40.6 Å². The molecule has 0 atom stereocenters. The van der Waals surface area contributed by atoms with Crippen LogP contribution in [0, 0.1) is 0 Å². The molecule has 0 spiro atoms. The second-order valence-electron chi connectivity index (χ2n) is 4.33. The van der Waals surface area contributed by atoms with Crippen LogP contribution in [0.3, 0.4) is 0 Å².